The van der Waals surface area contributed by atoms with E-state index in [2.05, 4.69) is 10.6 Å². The molecule has 1 aromatic carbocycles. The molecule has 0 aliphatic heterocycles. The molecule has 0 radical (unpaired) electrons. The summed E-state index contributed by atoms with van der Waals surface area (Å²) in [7, 11) is 1.55. The molecular weight excluding hydrogens is 274 g/mol. The molecule has 2 amide bonds. The predicted octanol–water partition coefficient (Wildman–Crippen LogP) is 0.150. The van der Waals surface area contributed by atoms with Crippen molar-refractivity contribution in [1.29, 1.82) is 0 Å². The van der Waals surface area contributed by atoms with E-state index in [0.29, 0.717) is 12.2 Å². The molecule has 0 saturated carbocycles. The number of nitrogens with two attached hydrogens (primary N) is 1. The van der Waals surface area contributed by atoms with Crippen LogP contribution in [0.5, 0.6) is 0 Å². The molecule has 0 aliphatic carbocycles. The van der Waals surface area contributed by atoms with Gasteiger partial charge in [-0.2, -0.15) is 11.8 Å². The summed E-state index contributed by atoms with van der Waals surface area (Å²) in [5.41, 5.74) is 6.73. The van der Waals surface area contributed by atoms with Crippen molar-refractivity contribution in [2.24, 2.45) is 5.73 Å². The largest absolute Gasteiger partial charge is 0.357 e. The van der Waals surface area contributed by atoms with E-state index in [1.165, 1.54) is 11.8 Å². The first-order valence-corrected chi connectivity index (χ1v) is 7.78. The van der Waals surface area contributed by atoms with Crippen molar-refractivity contribution in [2.75, 3.05) is 19.1 Å². The van der Waals surface area contributed by atoms with Gasteiger partial charge in [0.1, 0.15) is 6.04 Å². The highest BCUT2D eigenvalue weighted by molar-refractivity contribution is 7.98. The lowest BCUT2D eigenvalue weighted by Crippen LogP contribution is -2.52. The monoisotopic (exact) mass is 295 g/mol. The van der Waals surface area contributed by atoms with Gasteiger partial charge in [0.2, 0.25) is 11.8 Å². The molecule has 0 saturated heterocycles. The number of benzene rings is 1. The average Bonchev–Trinajstić information content (AvgIpc) is 2.47. The first kappa shape index (κ1) is 16.5. The van der Waals surface area contributed by atoms with E-state index < -0.39 is 12.1 Å². The maximum absolute atomic E-state index is 11.9. The molecule has 6 heteroatoms. The molecule has 0 aromatic heterocycles. The zero-order chi connectivity index (χ0) is 15.0. The van der Waals surface area contributed by atoms with Gasteiger partial charge in [0, 0.05) is 19.2 Å². The Hall–Kier alpha value is -1.53. The highest BCUT2D eigenvalue weighted by Gasteiger charge is 2.22. The van der Waals surface area contributed by atoms with E-state index in [0.717, 1.165) is 5.56 Å². The van der Waals surface area contributed by atoms with Gasteiger partial charge in [0.15, 0.2) is 0 Å². The summed E-state index contributed by atoms with van der Waals surface area (Å²) in [4.78, 5) is 23.8. The number of hydrogen-bond donors (Lipinski definition) is 3. The van der Waals surface area contributed by atoms with Gasteiger partial charge in [0.25, 0.3) is 0 Å². The van der Waals surface area contributed by atoms with Crippen LogP contribution in [0.2, 0.25) is 0 Å². The summed E-state index contributed by atoms with van der Waals surface area (Å²) in [6.45, 7) is 0. The van der Waals surface area contributed by atoms with Crippen LogP contribution in [0.15, 0.2) is 30.3 Å². The van der Waals surface area contributed by atoms with E-state index in [1.807, 2.05) is 36.6 Å². The van der Waals surface area contributed by atoms with Crippen LogP contribution in [-0.4, -0.2) is 43.0 Å². The fourth-order valence-electron chi connectivity index (χ4n) is 1.77. The van der Waals surface area contributed by atoms with E-state index >= 15 is 0 Å². The number of rotatable bonds is 7. The third-order valence-electron chi connectivity index (χ3n) is 2.85. The molecule has 1 aromatic rings. The SMILES string of the molecule is CNC(=O)[C@H](Cc1ccccc1)NC(=O)[C@@H](N)CSC. The summed E-state index contributed by atoms with van der Waals surface area (Å²) < 4.78 is 0. The second-order valence-corrected chi connectivity index (χ2v) is 5.34. The van der Waals surface area contributed by atoms with E-state index in [4.69, 9.17) is 5.73 Å². The van der Waals surface area contributed by atoms with Gasteiger partial charge < -0.3 is 16.4 Å². The first-order valence-electron chi connectivity index (χ1n) is 6.39. The number of amides is 2. The van der Waals surface area contributed by atoms with Gasteiger partial charge in [-0.3, -0.25) is 9.59 Å². The standard InChI is InChI=1S/C14H21N3O2S/c1-16-14(19)12(8-10-6-4-3-5-7-10)17-13(18)11(15)9-20-2/h3-7,11-12H,8-9,15H2,1-2H3,(H,16,19)(H,17,18)/t11-,12-/m0/s1. The topological polar surface area (TPSA) is 84.2 Å². The molecule has 0 aliphatic rings. The minimum absolute atomic E-state index is 0.224. The van der Waals surface area contributed by atoms with Crippen molar-refractivity contribution in [3.05, 3.63) is 35.9 Å². The summed E-state index contributed by atoms with van der Waals surface area (Å²) in [6.07, 6.45) is 2.32. The smallest absolute Gasteiger partial charge is 0.242 e. The number of hydrogen-bond acceptors (Lipinski definition) is 4. The molecule has 0 bridgehead atoms. The molecular formula is C14H21N3O2S. The predicted molar refractivity (Wildman–Crippen MR) is 82.5 cm³/mol. The minimum Gasteiger partial charge on any atom is -0.357 e. The van der Waals surface area contributed by atoms with Crippen molar-refractivity contribution in [1.82, 2.24) is 10.6 Å². The molecule has 110 valence electrons. The molecule has 0 spiro atoms. The third kappa shape index (κ3) is 5.22. The Morgan fingerprint density at radius 1 is 1.25 bits per heavy atom. The second kappa shape index (κ2) is 8.60. The highest BCUT2D eigenvalue weighted by atomic mass is 32.2. The Labute approximate surface area is 123 Å². The van der Waals surface area contributed by atoms with Crippen LogP contribution in [0.25, 0.3) is 0 Å². The van der Waals surface area contributed by atoms with Crippen LogP contribution in [0, 0.1) is 0 Å². The number of likely N-dealkylation sites (N-methyl/N-ethyl adjacent to an activating group) is 1. The molecule has 0 unspecified atom stereocenters. The normalized spacial score (nSPS) is 13.3. The zero-order valence-electron chi connectivity index (χ0n) is 11.8. The minimum atomic E-state index is -0.609. The summed E-state index contributed by atoms with van der Waals surface area (Å²) >= 11 is 1.50. The maximum atomic E-state index is 11.9. The van der Waals surface area contributed by atoms with Crippen LogP contribution >= 0.6 is 11.8 Å². The van der Waals surface area contributed by atoms with Crippen LogP contribution in [0.3, 0.4) is 0 Å². The van der Waals surface area contributed by atoms with Crippen molar-refractivity contribution < 1.29 is 9.59 Å². The van der Waals surface area contributed by atoms with Crippen molar-refractivity contribution in [2.45, 2.75) is 18.5 Å². The quantitative estimate of drug-likeness (QED) is 0.668. The van der Waals surface area contributed by atoms with E-state index in [-0.39, 0.29) is 11.8 Å². The molecule has 1 rings (SSSR count). The Morgan fingerprint density at radius 3 is 2.45 bits per heavy atom. The summed E-state index contributed by atoms with van der Waals surface area (Å²) in [6, 6.07) is 8.34. The molecule has 0 fully saturated rings. The van der Waals surface area contributed by atoms with Gasteiger partial charge in [-0.05, 0) is 11.8 Å². The molecule has 20 heavy (non-hydrogen) atoms. The van der Waals surface area contributed by atoms with Crippen molar-refractivity contribution >= 4 is 23.6 Å². The molecule has 2 atom stereocenters. The van der Waals surface area contributed by atoms with Gasteiger partial charge in [-0.1, -0.05) is 30.3 Å². The van der Waals surface area contributed by atoms with Crippen molar-refractivity contribution in [3.8, 4) is 0 Å². The van der Waals surface area contributed by atoms with Gasteiger partial charge >= 0.3 is 0 Å². The first-order chi connectivity index (χ1) is 9.58. The average molecular weight is 295 g/mol. The second-order valence-electron chi connectivity index (χ2n) is 4.43. The highest BCUT2D eigenvalue weighted by Crippen LogP contribution is 2.04. The van der Waals surface area contributed by atoms with Crippen LogP contribution in [0.4, 0.5) is 0 Å². The van der Waals surface area contributed by atoms with Crippen molar-refractivity contribution in [3.63, 3.8) is 0 Å². The lowest BCUT2D eigenvalue weighted by Gasteiger charge is -2.19. The molecule has 5 nitrogen and oxygen atoms in total. The van der Waals surface area contributed by atoms with Crippen LogP contribution in [0.1, 0.15) is 5.56 Å². The van der Waals surface area contributed by atoms with Gasteiger partial charge in [-0.15, -0.1) is 0 Å². The Kier molecular flexibility index (Phi) is 7.11. The maximum Gasteiger partial charge on any atom is 0.242 e. The van der Waals surface area contributed by atoms with Gasteiger partial charge in [0.05, 0.1) is 6.04 Å². The number of carbonyl (C=O) groups excluding carboxylic acids is 2. The number of carbonyl (C=O) groups is 2. The zero-order valence-corrected chi connectivity index (χ0v) is 12.6. The number of thioether (sulfide) groups is 1. The van der Waals surface area contributed by atoms with E-state index in [1.54, 1.807) is 7.05 Å². The fourth-order valence-corrected chi connectivity index (χ4v) is 2.28. The molecule has 4 N–H and O–H groups in total. The van der Waals surface area contributed by atoms with Crippen LogP contribution < -0.4 is 16.4 Å². The van der Waals surface area contributed by atoms with Gasteiger partial charge in [-0.25, -0.2) is 0 Å². The summed E-state index contributed by atoms with van der Waals surface area (Å²) in [5.74, 6) is -0.0000916. The molecule has 0 heterocycles. The number of nitrogens with one attached hydrogen (secondary N) is 2. The fraction of sp³-hybridized carbons (Fsp3) is 0.429. The van der Waals surface area contributed by atoms with Crippen LogP contribution in [-0.2, 0) is 16.0 Å². The third-order valence-corrected chi connectivity index (χ3v) is 3.54. The Bertz CT molecular complexity index is 439. The van der Waals surface area contributed by atoms with E-state index in [9.17, 15) is 9.59 Å². The summed E-state index contributed by atoms with van der Waals surface area (Å²) in [5, 5.41) is 5.27. The lowest BCUT2D eigenvalue weighted by molar-refractivity contribution is -0.129. The Morgan fingerprint density at radius 2 is 1.90 bits per heavy atom. The lowest BCUT2D eigenvalue weighted by atomic mass is 10.0. The Balaban J connectivity index is 2.70.